The molecule has 1 aliphatic heterocycles. The van der Waals surface area contributed by atoms with Gasteiger partial charge in [-0.2, -0.15) is 0 Å². The maximum Gasteiger partial charge on any atom is 0.0593 e. The van der Waals surface area contributed by atoms with Crippen LogP contribution in [0.5, 0.6) is 0 Å². The molecule has 1 heterocycles. The van der Waals surface area contributed by atoms with E-state index in [1.54, 1.807) is 0 Å². The monoisotopic (exact) mass is 200 g/mol. The van der Waals surface area contributed by atoms with Crippen molar-refractivity contribution in [2.24, 2.45) is 5.73 Å². The summed E-state index contributed by atoms with van der Waals surface area (Å²) < 4.78 is 5.41. The highest BCUT2D eigenvalue weighted by molar-refractivity contribution is 4.62. The van der Waals surface area contributed by atoms with Gasteiger partial charge in [-0.15, -0.1) is 0 Å². The Morgan fingerprint density at radius 3 is 2.93 bits per heavy atom. The Morgan fingerprint density at radius 1 is 1.29 bits per heavy atom. The van der Waals surface area contributed by atoms with Crippen LogP contribution in [0, 0.1) is 0 Å². The fraction of sp³-hybridized carbons (Fsp3) is 1.00. The molecule has 0 bridgehead atoms. The minimum Gasteiger partial charge on any atom is -0.380 e. The fourth-order valence-corrected chi connectivity index (χ4v) is 1.82. The van der Waals surface area contributed by atoms with Gasteiger partial charge in [0.1, 0.15) is 0 Å². The van der Waals surface area contributed by atoms with Crippen LogP contribution in [0.2, 0.25) is 0 Å². The molecule has 0 amide bonds. The molecule has 1 saturated heterocycles. The van der Waals surface area contributed by atoms with E-state index >= 15 is 0 Å². The van der Waals surface area contributed by atoms with Gasteiger partial charge >= 0.3 is 0 Å². The summed E-state index contributed by atoms with van der Waals surface area (Å²) in [7, 11) is 0. The maximum atomic E-state index is 5.70. The highest BCUT2D eigenvalue weighted by Gasteiger charge is 2.08. The Balaban J connectivity index is 1.99. The molecule has 3 nitrogen and oxygen atoms in total. The van der Waals surface area contributed by atoms with Crippen molar-refractivity contribution in [3.8, 4) is 0 Å². The van der Waals surface area contributed by atoms with Crippen LogP contribution >= 0.6 is 0 Å². The largest absolute Gasteiger partial charge is 0.380 e. The first-order valence-electron chi connectivity index (χ1n) is 5.84. The second-order valence-electron chi connectivity index (χ2n) is 4.28. The van der Waals surface area contributed by atoms with E-state index < -0.39 is 0 Å². The van der Waals surface area contributed by atoms with E-state index in [-0.39, 0.29) is 0 Å². The van der Waals surface area contributed by atoms with Crippen LogP contribution in [0.15, 0.2) is 0 Å². The lowest BCUT2D eigenvalue weighted by molar-refractivity contribution is 0.141. The van der Waals surface area contributed by atoms with E-state index in [4.69, 9.17) is 10.5 Å². The molecule has 0 radical (unpaired) electrons. The molecule has 0 saturated carbocycles. The molecule has 1 atom stereocenters. The third-order valence-corrected chi connectivity index (χ3v) is 2.70. The van der Waals surface area contributed by atoms with Gasteiger partial charge in [0.15, 0.2) is 0 Å². The topological polar surface area (TPSA) is 38.5 Å². The van der Waals surface area contributed by atoms with Crippen LogP contribution in [0.25, 0.3) is 0 Å². The lowest BCUT2D eigenvalue weighted by Gasteiger charge is -2.18. The summed E-state index contributed by atoms with van der Waals surface area (Å²) in [5.74, 6) is 0. The SMILES string of the molecule is CC(N)CCCCN1CCCOCC1. The molecule has 0 aromatic carbocycles. The first-order valence-corrected chi connectivity index (χ1v) is 5.84. The van der Waals surface area contributed by atoms with Gasteiger partial charge in [-0.3, -0.25) is 0 Å². The quantitative estimate of drug-likeness (QED) is 0.678. The fourth-order valence-electron chi connectivity index (χ4n) is 1.82. The predicted molar refractivity (Wildman–Crippen MR) is 59.4 cm³/mol. The summed E-state index contributed by atoms with van der Waals surface area (Å²) in [6, 6.07) is 0.363. The number of hydrogen-bond acceptors (Lipinski definition) is 3. The smallest absolute Gasteiger partial charge is 0.0593 e. The van der Waals surface area contributed by atoms with E-state index in [0.29, 0.717) is 6.04 Å². The second kappa shape index (κ2) is 7.21. The summed E-state index contributed by atoms with van der Waals surface area (Å²) in [4.78, 5) is 2.51. The summed E-state index contributed by atoms with van der Waals surface area (Å²) in [5, 5.41) is 0. The normalized spacial score (nSPS) is 21.9. The molecule has 1 unspecified atom stereocenters. The number of hydrogen-bond donors (Lipinski definition) is 1. The van der Waals surface area contributed by atoms with Crippen LogP contribution in [-0.4, -0.2) is 43.8 Å². The number of unbranched alkanes of at least 4 members (excludes halogenated alkanes) is 1. The molecule has 1 fully saturated rings. The lowest BCUT2D eigenvalue weighted by Crippen LogP contribution is -2.27. The van der Waals surface area contributed by atoms with Gasteiger partial charge in [0.25, 0.3) is 0 Å². The van der Waals surface area contributed by atoms with Crippen molar-refractivity contribution < 1.29 is 4.74 Å². The summed E-state index contributed by atoms with van der Waals surface area (Å²) in [6.07, 6.45) is 4.88. The van der Waals surface area contributed by atoms with Gasteiger partial charge in [-0.25, -0.2) is 0 Å². The van der Waals surface area contributed by atoms with Gasteiger partial charge in [0.05, 0.1) is 6.61 Å². The average Bonchev–Trinajstić information content (AvgIpc) is 2.40. The van der Waals surface area contributed by atoms with E-state index in [1.807, 2.05) is 0 Å². The Morgan fingerprint density at radius 2 is 2.14 bits per heavy atom. The van der Waals surface area contributed by atoms with Gasteiger partial charge in [-0.1, -0.05) is 6.42 Å². The summed E-state index contributed by atoms with van der Waals surface area (Å²) in [5.41, 5.74) is 5.70. The number of ether oxygens (including phenoxy) is 1. The zero-order chi connectivity index (χ0) is 10.2. The zero-order valence-corrected chi connectivity index (χ0v) is 9.37. The molecular weight excluding hydrogens is 176 g/mol. The first-order chi connectivity index (χ1) is 6.79. The molecular formula is C11H24N2O. The van der Waals surface area contributed by atoms with Gasteiger partial charge < -0.3 is 15.4 Å². The van der Waals surface area contributed by atoms with Crippen LogP contribution in [0.1, 0.15) is 32.6 Å². The standard InChI is InChI=1S/C11H24N2O/c1-11(12)5-2-3-6-13-7-4-9-14-10-8-13/h11H,2-10,12H2,1H3. The van der Waals surface area contributed by atoms with Crippen molar-refractivity contribution in [2.45, 2.75) is 38.6 Å². The molecule has 1 rings (SSSR count). The van der Waals surface area contributed by atoms with Crippen LogP contribution in [0.3, 0.4) is 0 Å². The van der Waals surface area contributed by atoms with E-state index in [1.165, 1.54) is 32.4 Å². The number of nitrogens with zero attached hydrogens (tertiary/aromatic N) is 1. The molecule has 0 aromatic rings. The first kappa shape index (κ1) is 12.0. The van der Waals surface area contributed by atoms with Gasteiger partial charge in [-0.05, 0) is 32.7 Å². The summed E-state index contributed by atoms with van der Waals surface area (Å²) >= 11 is 0. The predicted octanol–water partition coefficient (Wildman–Crippen LogP) is 1.23. The maximum absolute atomic E-state index is 5.70. The van der Waals surface area contributed by atoms with E-state index in [2.05, 4.69) is 11.8 Å². The molecule has 0 spiro atoms. The highest BCUT2D eigenvalue weighted by atomic mass is 16.5. The van der Waals surface area contributed by atoms with Crippen molar-refractivity contribution >= 4 is 0 Å². The number of nitrogens with two attached hydrogens (primary N) is 1. The molecule has 0 aliphatic carbocycles. The van der Waals surface area contributed by atoms with Crippen molar-refractivity contribution in [3.63, 3.8) is 0 Å². The minimum atomic E-state index is 0.363. The highest BCUT2D eigenvalue weighted by Crippen LogP contribution is 2.04. The third-order valence-electron chi connectivity index (χ3n) is 2.70. The molecule has 0 aromatic heterocycles. The second-order valence-corrected chi connectivity index (χ2v) is 4.28. The lowest BCUT2D eigenvalue weighted by atomic mass is 10.1. The Kier molecular flexibility index (Phi) is 6.15. The molecule has 3 heteroatoms. The Hall–Kier alpha value is -0.120. The van der Waals surface area contributed by atoms with Gasteiger partial charge in [0, 0.05) is 25.7 Å². The van der Waals surface area contributed by atoms with Crippen LogP contribution < -0.4 is 5.73 Å². The van der Waals surface area contributed by atoms with Crippen LogP contribution in [-0.2, 0) is 4.74 Å². The van der Waals surface area contributed by atoms with Crippen molar-refractivity contribution in [1.82, 2.24) is 4.90 Å². The van der Waals surface area contributed by atoms with E-state index in [9.17, 15) is 0 Å². The molecule has 14 heavy (non-hydrogen) atoms. The van der Waals surface area contributed by atoms with Gasteiger partial charge in [0.2, 0.25) is 0 Å². The van der Waals surface area contributed by atoms with Crippen LogP contribution in [0.4, 0.5) is 0 Å². The zero-order valence-electron chi connectivity index (χ0n) is 9.37. The van der Waals surface area contributed by atoms with Crippen molar-refractivity contribution in [2.75, 3.05) is 32.8 Å². The van der Waals surface area contributed by atoms with Crippen molar-refractivity contribution in [1.29, 1.82) is 0 Å². The molecule has 84 valence electrons. The van der Waals surface area contributed by atoms with E-state index in [0.717, 1.165) is 26.2 Å². The average molecular weight is 200 g/mol. The summed E-state index contributed by atoms with van der Waals surface area (Å²) in [6.45, 7) is 7.47. The van der Waals surface area contributed by atoms with Crippen molar-refractivity contribution in [3.05, 3.63) is 0 Å². The number of rotatable bonds is 5. The Bertz CT molecular complexity index is 131. The molecule has 2 N–H and O–H groups in total. The third kappa shape index (κ3) is 5.58. The Labute approximate surface area is 87.6 Å². The minimum absolute atomic E-state index is 0.363. The molecule has 1 aliphatic rings.